The average molecular weight is 356 g/mol. The summed E-state index contributed by atoms with van der Waals surface area (Å²) >= 11 is 0. The fourth-order valence-corrected chi connectivity index (χ4v) is 3.09. The monoisotopic (exact) mass is 356 g/mol. The maximum atomic E-state index is 12.6. The molecule has 136 valence electrons. The SMILES string of the molecule is COc1ccc2c(c1)OC(C)(C)C[C@H]2NC(=O)c1cccc([N+](=O)[O-])c1. The van der Waals surface area contributed by atoms with E-state index in [0.717, 1.165) is 5.56 Å². The first kappa shape index (κ1) is 17.7. The van der Waals surface area contributed by atoms with E-state index in [1.165, 1.54) is 18.2 Å². The van der Waals surface area contributed by atoms with E-state index in [4.69, 9.17) is 9.47 Å². The fourth-order valence-electron chi connectivity index (χ4n) is 3.09. The number of ether oxygens (including phenoxy) is 2. The lowest BCUT2D eigenvalue weighted by molar-refractivity contribution is -0.384. The standard InChI is InChI=1S/C19H20N2O5/c1-19(2)11-16(15-8-7-14(25-3)10-17(15)26-19)20-18(22)12-5-4-6-13(9-12)21(23)24/h4-10,16H,11H2,1-3H3,(H,20,22)/t16-/m1/s1. The number of nitrogens with zero attached hydrogens (tertiary/aromatic N) is 1. The van der Waals surface area contributed by atoms with Gasteiger partial charge in [-0.2, -0.15) is 0 Å². The summed E-state index contributed by atoms with van der Waals surface area (Å²) in [6.07, 6.45) is 0.576. The summed E-state index contributed by atoms with van der Waals surface area (Å²) in [7, 11) is 1.58. The van der Waals surface area contributed by atoms with Gasteiger partial charge in [0.1, 0.15) is 17.1 Å². The van der Waals surface area contributed by atoms with Gasteiger partial charge in [0.25, 0.3) is 11.6 Å². The number of non-ortho nitro benzene ring substituents is 1. The molecule has 0 aliphatic carbocycles. The Morgan fingerprint density at radius 2 is 2.08 bits per heavy atom. The van der Waals surface area contributed by atoms with Gasteiger partial charge in [-0.05, 0) is 32.0 Å². The van der Waals surface area contributed by atoms with Gasteiger partial charge in [0.15, 0.2) is 0 Å². The summed E-state index contributed by atoms with van der Waals surface area (Å²) in [6.45, 7) is 3.89. The number of amides is 1. The van der Waals surface area contributed by atoms with Crippen LogP contribution in [0.3, 0.4) is 0 Å². The molecule has 3 rings (SSSR count). The highest BCUT2D eigenvalue weighted by molar-refractivity contribution is 5.95. The number of nitro benzene ring substituents is 1. The number of hydrogen-bond donors (Lipinski definition) is 1. The zero-order chi connectivity index (χ0) is 18.9. The summed E-state index contributed by atoms with van der Waals surface area (Å²) in [4.78, 5) is 23.0. The molecule has 0 unspecified atom stereocenters. The van der Waals surface area contributed by atoms with Crippen LogP contribution >= 0.6 is 0 Å². The topological polar surface area (TPSA) is 90.7 Å². The van der Waals surface area contributed by atoms with Crippen molar-refractivity contribution in [2.24, 2.45) is 0 Å². The number of carbonyl (C=O) groups excluding carboxylic acids is 1. The minimum atomic E-state index is -0.518. The summed E-state index contributed by atoms with van der Waals surface area (Å²) in [5.74, 6) is 0.966. The van der Waals surface area contributed by atoms with E-state index >= 15 is 0 Å². The number of nitrogens with one attached hydrogen (secondary N) is 1. The summed E-state index contributed by atoms with van der Waals surface area (Å²) in [6, 6.07) is 10.9. The van der Waals surface area contributed by atoms with E-state index in [1.807, 2.05) is 26.0 Å². The van der Waals surface area contributed by atoms with Gasteiger partial charge in [-0.3, -0.25) is 14.9 Å². The zero-order valence-electron chi connectivity index (χ0n) is 14.8. The molecule has 1 N–H and O–H groups in total. The summed E-state index contributed by atoms with van der Waals surface area (Å²) in [5, 5.41) is 13.9. The molecular formula is C19H20N2O5. The van der Waals surface area contributed by atoms with Crippen molar-refractivity contribution in [1.82, 2.24) is 5.32 Å². The Bertz CT molecular complexity index is 863. The molecule has 0 fully saturated rings. The maximum Gasteiger partial charge on any atom is 0.270 e. The zero-order valence-corrected chi connectivity index (χ0v) is 14.8. The highest BCUT2D eigenvalue weighted by Gasteiger charge is 2.35. The first-order valence-electron chi connectivity index (χ1n) is 8.21. The third-order valence-electron chi connectivity index (χ3n) is 4.30. The Morgan fingerprint density at radius 1 is 1.31 bits per heavy atom. The van der Waals surface area contributed by atoms with Crippen molar-refractivity contribution in [3.8, 4) is 11.5 Å². The van der Waals surface area contributed by atoms with Crippen LogP contribution in [0.1, 0.15) is 42.2 Å². The van der Waals surface area contributed by atoms with E-state index < -0.39 is 10.5 Å². The molecule has 2 aromatic rings. The summed E-state index contributed by atoms with van der Waals surface area (Å²) in [5.41, 5.74) is 0.512. The van der Waals surface area contributed by atoms with Crippen LogP contribution < -0.4 is 14.8 Å². The van der Waals surface area contributed by atoms with Crippen LogP contribution in [-0.2, 0) is 0 Å². The van der Waals surface area contributed by atoms with Crippen LogP contribution in [0.15, 0.2) is 42.5 Å². The van der Waals surface area contributed by atoms with Crippen LogP contribution in [-0.4, -0.2) is 23.5 Å². The Balaban J connectivity index is 1.89. The van der Waals surface area contributed by atoms with Crippen LogP contribution in [0.5, 0.6) is 11.5 Å². The van der Waals surface area contributed by atoms with Crippen LogP contribution in [0.2, 0.25) is 0 Å². The second kappa shape index (κ2) is 6.67. The lowest BCUT2D eigenvalue weighted by Gasteiger charge is -2.38. The minimum absolute atomic E-state index is 0.116. The highest BCUT2D eigenvalue weighted by atomic mass is 16.6. The number of nitro groups is 1. The Hall–Kier alpha value is -3.09. The minimum Gasteiger partial charge on any atom is -0.497 e. The molecular weight excluding hydrogens is 336 g/mol. The molecule has 1 aliphatic heterocycles. The van der Waals surface area contributed by atoms with E-state index in [0.29, 0.717) is 17.9 Å². The molecule has 1 heterocycles. The molecule has 0 saturated carbocycles. The number of rotatable bonds is 4. The second-order valence-electron chi connectivity index (χ2n) is 6.80. The molecule has 0 spiro atoms. The smallest absolute Gasteiger partial charge is 0.270 e. The third kappa shape index (κ3) is 3.61. The number of carbonyl (C=O) groups is 1. The van der Waals surface area contributed by atoms with Gasteiger partial charge in [-0.1, -0.05) is 6.07 Å². The van der Waals surface area contributed by atoms with Crippen molar-refractivity contribution in [3.63, 3.8) is 0 Å². The molecule has 1 aliphatic rings. The van der Waals surface area contributed by atoms with Gasteiger partial charge in [0.05, 0.1) is 18.1 Å². The van der Waals surface area contributed by atoms with E-state index in [1.54, 1.807) is 19.2 Å². The molecule has 0 saturated heterocycles. The average Bonchev–Trinajstić information content (AvgIpc) is 2.60. The van der Waals surface area contributed by atoms with Gasteiger partial charge >= 0.3 is 0 Å². The van der Waals surface area contributed by atoms with Crippen molar-refractivity contribution >= 4 is 11.6 Å². The lowest BCUT2D eigenvalue weighted by Crippen LogP contribution is -2.41. The second-order valence-corrected chi connectivity index (χ2v) is 6.80. The Morgan fingerprint density at radius 3 is 2.77 bits per heavy atom. The van der Waals surface area contributed by atoms with Crippen molar-refractivity contribution in [1.29, 1.82) is 0 Å². The van der Waals surface area contributed by atoms with E-state index in [2.05, 4.69) is 5.32 Å². The van der Waals surface area contributed by atoms with E-state index in [-0.39, 0.29) is 23.2 Å². The molecule has 7 nitrogen and oxygen atoms in total. The lowest BCUT2D eigenvalue weighted by atomic mass is 9.89. The fraction of sp³-hybridized carbons (Fsp3) is 0.316. The molecule has 0 aromatic heterocycles. The highest BCUT2D eigenvalue weighted by Crippen LogP contribution is 2.41. The Kier molecular flexibility index (Phi) is 4.54. The molecule has 7 heteroatoms. The normalized spacial score (nSPS) is 17.6. The van der Waals surface area contributed by atoms with Gasteiger partial charge in [-0.15, -0.1) is 0 Å². The van der Waals surface area contributed by atoms with Crippen molar-refractivity contribution in [2.75, 3.05) is 7.11 Å². The van der Waals surface area contributed by atoms with Gasteiger partial charge in [0.2, 0.25) is 0 Å². The van der Waals surface area contributed by atoms with Crippen molar-refractivity contribution < 1.29 is 19.2 Å². The number of fused-ring (bicyclic) bond motifs is 1. The third-order valence-corrected chi connectivity index (χ3v) is 4.30. The predicted molar refractivity (Wildman–Crippen MR) is 95.6 cm³/mol. The van der Waals surface area contributed by atoms with Crippen molar-refractivity contribution in [3.05, 3.63) is 63.7 Å². The molecule has 0 bridgehead atoms. The van der Waals surface area contributed by atoms with E-state index in [9.17, 15) is 14.9 Å². The molecule has 1 amide bonds. The van der Waals surface area contributed by atoms with Crippen molar-refractivity contribution in [2.45, 2.75) is 31.9 Å². The Labute approximate surface area is 151 Å². The van der Waals surface area contributed by atoms with Gasteiger partial charge in [0, 0.05) is 35.7 Å². The molecule has 1 atom stereocenters. The maximum absolute atomic E-state index is 12.6. The summed E-state index contributed by atoms with van der Waals surface area (Å²) < 4.78 is 11.2. The first-order chi connectivity index (χ1) is 12.3. The number of benzene rings is 2. The number of methoxy groups -OCH3 is 1. The molecule has 26 heavy (non-hydrogen) atoms. The van der Waals surface area contributed by atoms with Gasteiger partial charge < -0.3 is 14.8 Å². The van der Waals surface area contributed by atoms with Crippen LogP contribution in [0.4, 0.5) is 5.69 Å². The quantitative estimate of drug-likeness (QED) is 0.667. The van der Waals surface area contributed by atoms with Gasteiger partial charge in [-0.25, -0.2) is 0 Å². The molecule has 0 radical (unpaired) electrons. The largest absolute Gasteiger partial charge is 0.497 e. The predicted octanol–water partition coefficient (Wildman–Crippen LogP) is 3.64. The number of hydrogen-bond acceptors (Lipinski definition) is 5. The van der Waals surface area contributed by atoms with Crippen LogP contribution in [0, 0.1) is 10.1 Å². The molecule has 2 aromatic carbocycles. The van der Waals surface area contributed by atoms with Crippen LogP contribution in [0.25, 0.3) is 0 Å². The first-order valence-corrected chi connectivity index (χ1v) is 8.21.